The van der Waals surface area contributed by atoms with Crippen LogP contribution in [0.3, 0.4) is 0 Å². The molecule has 7 heteroatoms. The molecule has 0 aliphatic carbocycles. The van der Waals surface area contributed by atoms with Crippen LogP contribution in [0.25, 0.3) is 0 Å². The van der Waals surface area contributed by atoms with E-state index >= 15 is 0 Å². The molecule has 1 fully saturated rings. The Labute approximate surface area is 170 Å². The molecule has 0 aromatic heterocycles. The van der Waals surface area contributed by atoms with Crippen LogP contribution in [0.15, 0.2) is 54.6 Å². The normalized spacial score (nSPS) is 19.9. The van der Waals surface area contributed by atoms with Gasteiger partial charge in [-0.2, -0.15) is 0 Å². The lowest BCUT2D eigenvalue weighted by atomic mass is 9.90. The quantitative estimate of drug-likeness (QED) is 0.728. The number of anilines is 1. The van der Waals surface area contributed by atoms with Crippen LogP contribution in [-0.2, 0) is 9.59 Å². The number of rotatable bonds is 6. The lowest BCUT2D eigenvalue weighted by Crippen LogP contribution is -2.73. The van der Waals surface area contributed by atoms with Gasteiger partial charge in [-0.05, 0) is 57.2 Å². The minimum absolute atomic E-state index is 0.327. The number of hydrogen-bond donors (Lipinski definition) is 2. The van der Waals surface area contributed by atoms with Crippen LogP contribution in [0.4, 0.5) is 5.69 Å². The van der Waals surface area contributed by atoms with Crippen molar-refractivity contribution in [1.82, 2.24) is 5.32 Å². The zero-order chi connectivity index (χ0) is 21.2. The molecule has 0 bridgehead atoms. The fourth-order valence-corrected chi connectivity index (χ4v) is 3.20. The summed E-state index contributed by atoms with van der Waals surface area (Å²) in [5, 5.41) is 13.5. The number of benzene rings is 2. The smallest absolute Gasteiger partial charge is 0.270 e. The first kappa shape index (κ1) is 20.7. The average Bonchev–Trinajstić information content (AvgIpc) is 2.69. The van der Waals surface area contributed by atoms with Gasteiger partial charge in [-0.3, -0.25) is 14.5 Å². The number of β-lactam (4-membered cyclic amide) rings is 1. The first-order chi connectivity index (χ1) is 13.7. The largest absolute Gasteiger partial charge is 0.497 e. The molecule has 2 aromatic rings. The van der Waals surface area contributed by atoms with Crippen molar-refractivity contribution >= 4 is 17.5 Å². The van der Waals surface area contributed by atoms with E-state index in [4.69, 9.17) is 9.47 Å². The van der Waals surface area contributed by atoms with Crippen molar-refractivity contribution in [2.75, 3.05) is 12.0 Å². The van der Waals surface area contributed by atoms with Gasteiger partial charge in [0.1, 0.15) is 17.5 Å². The van der Waals surface area contributed by atoms with E-state index in [1.165, 1.54) is 4.90 Å². The summed E-state index contributed by atoms with van der Waals surface area (Å²) >= 11 is 0. The van der Waals surface area contributed by atoms with E-state index in [-0.39, 0.29) is 5.91 Å². The lowest BCUT2D eigenvalue weighted by Gasteiger charge is -2.48. The number of carbonyl (C=O) groups is 2. The standard InChI is InChI=1S/C22H26N2O5/c1-22(2,3)23-20(26)18(25)17-19(29-16-8-6-5-7-9-16)21(27)24(17)14-10-12-15(28-4)13-11-14/h5-13,17-19,25H,1-4H3,(H,23,26)/t17-,18+,19+/m0/s1. The van der Waals surface area contributed by atoms with Crippen LogP contribution in [0, 0.1) is 0 Å². The van der Waals surface area contributed by atoms with Gasteiger partial charge < -0.3 is 19.9 Å². The Kier molecular flexibility index (Phi) is 5.79. The molecule has 2 N–H and O–H groups in total. The summed E-state index contributed by atoms with van der Waals surface area (Å²) in [6, 6.07) is 14.8. The number of hydrogen-bond acceptors (Lipinski definition) is 5. The number of methoxy groups -OCH3 is 1. The second-order valence-corrected chi connectivity index (χ2v) is 7.93. The molecule has 3 atom stereocenters. The molecule has 0 saturated carbocycles. The van der Waals surface area contributed by atoms with Gasteiger partial charge in [0.25, 0.3) is 11.8 Å². The molecule has 2 aromatic carbocycles. The number of amides is 2. The van der Waals surface area contributed by atoms with Crippen molar-refractivity contribution in [3.63, 3.8) is 0 Å². The molecule has 0 spiro atoms. The van der Waals surface area contributed by atoms with Crippen molar-refractivity contribution < 1.29 is 24.2 Å². The highest BCUT2D eigenvalue weighted by atomic mass is 16.5. The molecule has 2 amide bonds. The van der Waals surface area contributed by atoms with E-state index < -0.39 is 29.7 Å². The summed E-state index contributed by atoms with van der Waals surface area (Å²) in [5.41, 5.74) is 0.0309. The molecule has 29 heavy (non-hydrogen) atoms. The van der Waals surface area contributed by atoms with Gasteiger partial charge in [0.05, 0.1) is 7.11 Å². The van der Waals surface area contributed by atoms with Gasteiger partial charge >= 0.3 is 0 Å². The number of aliphatic hydroxyl groups excluding tert-OH is 1. The van der Waals surface area contributed by atoms with Gasteiger partial charge in [-0.1, -0.05) is 18.2 Å². The highest BCUT2D eigenvalue weighted by molar-refractivity contribution is 6.07. The minimum atomic E-state index is -1.46. The molecule has 0 radical (unpaired) electrons. The number of carbonyl (C=O) groups excluding carboxylic acids is 2. The maximum Gasteiger partial charge on any atom is 0.270 e. The third kappa shape index (κ3) is 4.51. The Morgan fingerprint density at radius 2 is 1.69 bits per heavy atom. The fourth-order valence-electron chi connectivity index (χ4n) is 3.20. The van der Waals surface area contributed by atoms with Crippen molar-refractivity contribution in [3.05, 3.63) is 54.6 Å². The van der Waals surface area contributed by atoms with Crippen LogP contribution >= 0.6 is 0 Å². The molecule has 1 saturated heterocycles. The molecule has 7 nitrogen and oxygen atoms in total. The molecular formula is C22H26N2O5. The van der Waals surface area contributed by atoms with Gasteiger partial charge in [0.15, 0.2) is 6.10 Å². The molecule has 3 rings (SSSR count). The predicted molar refractivity (Wildman–Crippen MR) is 109 cm³/mol. The Morgan fingerprint density at radius 3 is 2.24 bits per heavy atom. The fraction of sp³-hybridized carbons (Fsp3) is 0.364. The SMILES string of the molecule is COc1ccc(N2C(=O)[C@H](Oc3ccccc3)[C@@H]2[C@@H](O)C(=O)NC(C)(C)C)cc1. The highest BCUT2D eigenvalue weighted by Gasteiger charge is 2.55. The Morgan fingerprint density at radius 1 is 1.07 bits per heavy atom. The first-order valence-corrected chi connectivity index (χ1v) is 9.40. The van der Waals surface area contributed by atoms with E-state index in [1.54, 1.807) is 55.6 Å². The van der Waals surface area contributed by atoms with E-state index in [0.29, 0.717) is 17.2 Å². The first-order valence-electron chi connectivity index (χ1n) is 9.40. The summed E-state index contributed by atoms with van der Waals surface area (Å²) in [6.07, 6.45) is -2.43. The van der Waals surface area contributed by atoms with Crippen LogP contribution in [-0.4, -0.2) is 47.8 Å². The highest BCUT2D eigenvalue weighted by Crippen LogP contribution is 2.34. The Bertz CT molecular complexity index is 861. The summed E-state index contributed by atoms with van der Waals surface area (Å²) in [5.74, 6) is 0.247. The molecular weight excluding hydrogens is 372 g/mol. The van der Waals surface area contributed by atoms with Gasteiger partial charge in [0.2, 0.25) is 6.10 Å². The van der Waals surface area contributed by atoms with Gasteiger partial charge in [0, 0.05) is 11.2 Å². The average molecular weight is 398 g/mol. The van der Waals surface area contributed by atoms with Crippen molar-refractivity contribution in [2.24, 2.45) is 0 Å². The van der Waals surface area contributed by atoms with Gasteiger partial charge in [-0.25, -0.2) is 0 Å². The summed E-state index contributed by atoms with van der Waals surface area (Å²) in [4.78, 5) is 26.9. The molecule has 154 valence electrons. The van der Waals surface area contributed by atoms with Crippen molar-refractivity contribution in [1.29, 1.82) is 0 Å². The number of nitrogens with one attached hydrogen (secondary N) is 1. The topological polar surface area (TPSA) is 88.1 Å². The van der Waals surface area contributed by atoms with Crippen LogP contribution < -0.4 is 19.7 Å². The van der Waals surface area contributed by atoms with Crippen LogP contribution in [0.2, 0.25) is 0 Å². The second kappa shape index (κ2) is 8.13. The van der Waals surface area contributed by atoms with E-state index in [9.17, 15) is 14.7 Å². The van der Waals surface area contributed by atoms with Crippen molar-refractivity contribution in [2.45, 2.75) is 44.6 Å². The third-order valence-corrected chi connectivity index (χ3v) is 4.54. The molecule has 0 unspecified atom stereocenters. The summed E-state index contributed by atoms with van der Waals surface area (Å²) < 4.78 is 11.0. The van der Waals surface area contributed by atoms with E-state index in [2.05, 4.69) is 5.32 Å². The van der Waals surface area contributed by atoms with E-state index in [1.807, 2.05) is 26.8 Å². The molecule has 1 aliphatic rings. The zero-order valence-corrected chi connectivity index (χ0v) is 17.0. The molecule has 1 heterocycles. The number of nitrogens with zero attached hydrogens (tertiary/aromatic N) is 1. The van der Waals surface area contributed by atoms with Gasteiger partial charge in [-0.15, -0.1) is 0 Å². The maximum atomic E-state index is 12.9. The molecule has 1 aliphatic heterocycles. The predicted octanol–water partition coefficient (Wildman–Crippen LogP) is 2.13. The van der Waals surface area contributed by atoms with Crippen molar-refractivity contribution in [3.8, 4) is 11.5 Å². The number of para-hydroxylation sites is 1. The second-order valence-electron chi connectivity index (χ2n) is 7.93. The van der Waals surface area contributed by atoms with E-state index in [0.717, 1.165) is 0 Å². The summed E-state index contributed by atoms with van der Waals surface area (Å²) in [6.45, 7) is 5.47. The number of aliphatic hydroxyl groups is 1. The summed E-state index contributed by atoms with van der Waals surface area (Å²) in [7, 11) is 1.55. The third-order valence-electron chi connectivity index (χ3n) is 4.54. The Hall–Kier alpha value is -3.06. The minimum Gasteiger partial charge on any atom is -0.497 e. The van der Waals surface area contributed by atoms with Crippen LogP contribution in [0.1, 0.15) is 20.8 Å². The lowest BCUT2D eigenvalue weighted by molar-refractivity contribution is -0.145. The Balaban J connectivity index is 1.88. The number of ether oxygens (including phenoxy) is 2. The zero-order valence-electron chi connectivity index (χ0n) is 17.0. The monoisotopic (exact) mass is 398 g/mol. The maximum absolute atomic E-state index is 12.9. The van der Waals surface area contributed by atoms with Crippen LogP contribution in [0.5, 0.6) is 11.5 Å².